The molecular formula is C18H27N3O2. The van der Waals surface area contributed by atoms with E-state index in [0.29, 0.717) is 23.3 Å². The average Bonchev–Trinajstić information content (AvgIpc) is 3.03. The molecule has 1 saturated carbocycles. The Labute approximate surface area is 138 Å². The summed E-state index contributed by atoms with van der Waals surface area (Å²) in [5, 5.41) is 12.7. The van der Waals surface area contributed by atoms with Gasteiger partial charge >= 0.3 is 0 Å². The van der Waals surface area contributed by atoms with Crippen molar-refractivity contribution in [2.75, 3.05) is 25.0 Å². The number of carbonyl (C=O) groups excluding carboxylic acids is 1. The lowest BCUT2D eigenvalue weighted by Gasteiger charge is -2.28. The number of hydrogen-bond donors (Lipinski definition) is 2. The van der Waals surface area contributed by atoms with Crippen LogP contribution in [0.4, 0.5) is 5.82 Å². The van der Waals surface area contributed by atoms with Gasteiger partial charge in [0.15, 0.2) is 0 Å². The minimum Gasteiger partial charge on any atom is -0.396 e. The molecule has 23 heavy (non-hydrogen) atoms. The second-order valence-corrected chi connectivity index (χ2v) is 6.71. The van der Waals surface area contributed by atoms with Gasteiger partial charge in [-0.15, -0.1) is 0 Å². The molecule has 0 bridgehead atoms. The molecule has 5 heteroatoms. The van der Waals surface area contributed by atoms with E-state index in [1.165, 1.54) is 12.8 Å². The SMILES string of the molecule is O=C(c1cccnc1NC1CCCC1CCO)N1CCCCC1. The van der Waals surface area contributed by atoms with Crippen LogP contribution in [0.5, 0.6) is 0 Å². The number of piperidine rings is 1. The van der Waals surface area contributed by atoms with Crippen LogP contribution in [0.2, 0.25) is 0 Å². The van der Waals surface area contributed by atoms with Crippen molar-refractivity contribution in [3.8, 4) is 0 Å². The molecule has 1 aromatic heterocycles. The Balaban J connectivity index is 1.73. The third-order valence-corrected chi connectivity index (χ3v) is 5.16. The molecule has 2 heterocycles. The largest absolute Gasteiger partial charge is 0.396 e. The van der Waals surface area contributed by atoms with Gasteiger partial charge in [-0.3, -0.25) is 4.79 Å². The molecule has 5 nitrogen and oxygen atoms in total. The van der Waals surface area contributed by atoms with Gasteiger partial charge in [-0.2, -0.15) is 0 Å². The maximum atomic E-state index is 12.8. The molecule has 126 valence electrons. The third-order valence-electron chi connectivity index (χ3n) is 5.16. The van der Waals surface area contributed by atoms with Crippen molar-refractivity contribution >= 4 is 11.7 Å². The minimum absolute atomic E-state index is 0.0944. The summed E-state index contributed by atoms with van der Waals surface area (Å²) in [7, 11) is 0. The fourth-order valence-corrected chi connectivity index (χ4v) is 3.87. The van der Waals surface area contributed by atoms with Gasteiger partial charge in [-0.1, -0.05) is 6.42 Å². The van der Waals surface area contributed by atoms with Crippen LogP contribution >= 0.6 is 0 Å². The highest BCUT2D eigenvalue weighted by atomic mass is 16.3. The van der Waals surface area contributed by atoms with Gasteiger partial charge in [0, 0.05) is 31.9 Å². The molecule has 2 aliphatic rings. The number of carbonyl (C=O) groups is 1. The predicted molar refractivity (Wildman–Crippen MR) is 90.4 cm³/mol. The number of aliphatic hydroxyl groups is 1. The first-order chi connectivity index (χ1) is 11.3. The first-order valence-corrected chi connectivity index (χ1v) is 8.91. The summed E-state index contributed by atoms with van der Waals surface area (Å²) in [4.78, 5) is 19.2. The lowest BCUT2D eigenvalue weighted by Crippen LogP contribution is -2.36. The zero-order valence-corrected chi connectivity index (χ0v) is 13.7. The van der Waals surface area contributed by atoms with Crippen LogP contribution in [0.3, 0.4) is 0 Å². The predicted octanol–water partition coefficient (Wildman–Crippen LogP) is 2.67. The van der Waals surface area contributed by atoms with E-state index in [0.717, 1.165) is 45.2 Å². The normalized spacial score (nSPS) is 24.7. The zero-order valence-electron chi connectivity index (χ0n) is 13.7. The summed E-state index contributed by atoms with van der Waals surface area (Å²) in [5.41, 5.74) is 0.684. The van der Waals surface area contributed by atoms with Crippen molar-refractivity contribution in [3.05, 3.63) is 23.9 Å². The molecule has 0 radical (unpaired) electrons. The smallest absolute Gasteiger partial charge is 0.257 e. The first-order valence-electron chi connectivity index (χ1n) is 8.91. The number of amides is 1. The summed E-state index contributed by atoms with van der Waals surface area (Å²) in [5.74, 6) is 1.27. The number of aromatic nitrogens is 1. The van der Waals surface area contributed by atoms with Crippen molar-refractivity contribution in [3.63, 3.8) is 0 Å². The first kappa shape index (κ1) is 16.2. The Morgan fingerprint density at radius 1 is 1.26 bits per heavy atom. The number of nitrogens with zero attached hydrogens (tertiary/aromatic N) is 2. The number of pyridine rings is 1. The molecule has 1 saturated heterocycles. The Morgan fingerprint density at radius 2 is 2.09 bits per heavy atom. The summed E-state index contributed by atoms with van der Waals surface area (Å²) >= 11 is 0. The summed E-state index contributed by atoms with van der Waals surface area (Å²) < 4.78 is 0. The van der Waals surface area contributed by atoms with Crippen LogP contribution in [0.1, 0.15) is 55.3 Å². The number of likely N-dealkylation sites (tertiary alicyclic amines) is 1. The van der Waals surface area contributed by atoms with E-state index in [1.54, 1.807) is 6.20 Å². The van der Waals surface area contributed by atoms with E-state index in [4.69, 9.17) is 0 Å². The van der Waals surface area contributed by atoms with Gasteiger partial charge in [0.1, 0.15) is 5.82 Å². The summed E-state index contributed by atoms with van der Waals surface area (Å²) in [6, 6.07) is 4.02. The second kappa shape index (κ2) is 7.77. The van der Waals surface area contributed by atoms with Gasteiger partial charge < -0.3 is 15.3 Å². The Morgan fingerprint density at radius 3 is 2.87 bits per heavy atom. The topological polar surface area (TPSA) is 65.5 Å². The third kappa shape index (κ3) is 3.83. The molecule has 2 atom stereocenters. The molecule has 0 spiro atoms. The van der Waals surface area contributed by atoms with Crippen LogP contribution in [0, 0.1) is 5.92 Å². The monoisotopic (exact) mass is 317 g/mol. The van der Waals surface area contributed by atoms with Crippen LogP contribution in [0.25, 0.3) is 0 Å². The summed E-state index contributed by atoms with van der Waals surface area (Å²) in [6.45, 7) is 1.93. The molecule has 1 aromatic rings. The van der Waals surface area contributed by atoms with Gasteiger partial charge in [0.05, 0.1) is 5.56 Å². The molecule has 0 aromatic carbocycles. The van der Waals surface area contributed by atoms with Crippen molar-refractivity contribution < 1.29 is 9.90 Å². The van der Waals surface area contributed by atoms with Crippen molar-refractivity contribution in [1.82, 2.24) is 9.88 Å². The number of nitrogens with one attached hydrogen (secondary N) is 1. The summed E-state index contributed by atoms with van der Waals surface area (Å²) in [6.07, 6.45) is 9.35. The standard InChI is InChI=1S/C18H27N3O2/c22-13-9-14-6-4-8-16(14)20-17-15(7-5-10-19-17)18(23)21-11-2-1-3-12-21/h5,7,10,14,16,22H,1-4,6,8-9,11-13H2,(H,19,20). The molecule has 1 aliphatic carbocycles. The highest BCUT2D eigenvalue weighted by Gasteiger charge is 2.29. The number of aliphatic hydroxyl groups excluding tert-OH is 1. The second-order valence-electron chi connectivity index (χ2n) is 6.71. The number of anilines is 1. The van der Waals surface area contributed by atoms with E-state index >= 15 is 0 Å². The Hall–Kier alpha value is -1.62. The van der Waals surface area contributed by atoms with Crippen molar-refractivity contribution in [2.24, 2.45) is 5.92 Å². The van der Waals surface area contributed by atoms with Gasteiger partial charge in [0.25, 0.3) is 5.91 Å². The Kier molecular flexibility index (Phi) is 5.49. The fraction of sp³-hybridized carbons (Fsp3) is 0.667. The molecule has 3 rings (SSSR count). The van der Waals surface area contributed by atoms with Gasteiger partial charge in [-0.05, 0) is 56.6 Å². The van der Waals surface area contributed by atoms with Crippen molar-refractivity contribution in [2.45, 2.75) is 51.0 Å². The van der Waals surface area contributed by atoms with E-state index in [-0.39, 0.29) is 12.5 Å². The minimum atomic E-state index is 0.0944. The maximum Gasteiger partial charge on any atom is 0.257 e. The molecular weight excluding hydrogens is 290 g/mol. The van der Waals surface area contributed by atoms with Crippen LogP contribution in [-0.2, 0) is 0 Å². The highest BCUT2D eigenvalue weighted by molar-refractivity contribution is 5.98. The molecule has 2 unspecified atom stereocenters. The van der Waals surface area contributed by atoms with Crippen LogP contribution < -0.4 is 5.32 Å². The van der Waals surface area contributed by atoms with E-state index in [1.807, 2.05) is 17.0 Å². The number of hydrogen-bond acceptors (Lipinski definition) is 4. The van der Waals surface area contributed by atoms with E-state index in [9.17, 15) is 9.90 Å². The average molecular weight is 317 g/mol. The highest BCUT2D eigenvalue weighted by Crippen LogP contribution is 2.31. The lowest BCUT2D eigenvalue weighted by atomic mass is 10.00. The lowest BCUT2D eigenvalue weighted by molar-refractivity contribution is 0.0725. The quantitative estimate of drug-likeness (QED) is 0.876. The molecule has 1 amide bonds. The Bertz CT molecular complexity index is 529. The zero-order chi connectivity index (χ0) is 16.1. The maximum absolute atomic E-state index is 12.8. The van der Waals surface area contributed by atoms with Crippen molar-refractivity contribution in [1.29, 1.82) is 0 Å². The van der Waals surface area contributed by atoms with Gasteiger partial charge in [0.2, 0.25) is 0 Å². The van der Waals surface area contributed by atoms with Crippen LogP contribution in [-0.4, -0.2) is 46.6 Å². The number of rotatable bonds is 5. The molecule has 2 fully saturated rings. The van der Waals surface area contributed by atoms with Gasteiger partial charge in [-0.25, -0.2) is 4.98 Å². The molecule has 2 N–H and O–H groups in total. The fourth-order valence-electron chi connectivity index (χ4n) is 3.87. The molecule has 1 aliphatic heterocycles. The van der Waals surface area contributed by atoms with E-state index < -0.39 is 0 Å². The van der Waals surface area contributed by atoms with Crippen LogP contribution in [0.15, 0.2) is 18.3 Å². The van der Waals surface area contributed by atoms with E-state index in [2.05, 4.69) is 10.3 Å².